The van der Waals surface area contributed by atoms with E-state index < -0.39 is 0 Å². The van der Waals surface area contributed by atoms with Gasteiger partial charge in [-0.15, -0.1) is 0 Å². The Morgan fingerprint density at radius 2 is 0.588 bits per heavy atom. The Bertz CT molecular complexity index is 4980. The first kappa shape index (κ1) is 45.9. The Labute approximate surface area is 462 Å². The van der Waals surface area contributed by atoms with Crippen molar-refractivity contribution in [2.75, 3.05) is 0 Å². The van der Waals surface area contributed by atoms with E-state index >= 15 is 0 Å². The lowest BCUT2D eigenvalue weighted by molar-refractivity contribution is 0.961. The van der Waals surface area contributed by atoms with Crippen molar-refractivity contribution in [3.8, 4) is 56.7 Å². The predicted octanol–water partition coefficient (Wildman–Crippen LogP) is 19.1. The van der Waals surface area contributed by atoms with Gasteiger partial charge in [-0.2, -0.15) is 0 Å². The second kappa shape index (κ2) is 17.6. The second-order valence-electron chi connectivity index (χ2n) is 21.6. The molecule has 80 heavy (non-hydrogen) atoms. The number of rotatable bonds is 7. The van der Waals surface area contributed by atoms with Crippen molar-refractivity contribution in [2.45, 2.75) is 27.7 Å². The average Bonchev–Trinajstić information content (AvgIpc) is 4.00. The van der Waals surface area contributed by atoms with Crippen molar-refractivity contribution >= 4 is 87.2 Å². The lowest BCUT2D eigenvalue weighted by Crippen LogP contribution is -2.16. The van der Waals surface area contributed by atoms with Crippen molar-refractivity contribution < 1.29 is 0 Å². The van der Waals surface area contributed by atoms with Gasteiger partial charge in [0.25, 0.3) is 0 Å². The SMILES string of the molecule is Cc1ccc2c(c1)c1ccccc1n2-c1nc(-n2c3ccccc3c3cc(C)ccc32)c(-n2c3ccccc3c3cc(C)ccc32)c(-c2ccccc2-c2cccc(-c3ccccc3)n2)c1-n1c2ccccc2c2cc(C)ccc21. The molecule has 378 valence electrons. The Morgan fingerprint density at radius 1 is 0.250 bits per heavy atom. The maximum Gasteiger partial charge on any atom is 0.165 e. The van der Waals surface area contributed by atoms with Crippen molar-refractivity contribution in [2.24, 2.45) is 0 Å². The van der Waals surface area contributed by atoms with Gasteiger partial charge in [-0.1, -0.05) is 180 Å². The number of hydrogen-bond donors (Lipinski definition) is 0. The maximum atomic E-state index is 6.49. The standard InChI is InChI=1S/C74H52N6/c1-45-33-37-66-56(41-45)51-22-10-14-29-62(51)77(66)71-70(55-26-9-8-21-50(55)61-28-18-27-60(75-61)49-19-6-5-7-20-49)72(78-63-30-15-11-23-52(63)57-42-46(2)34-38-67(57)78)74(80-65-32-17-13-25-54(65)59-44-48(4)36-40-69(59)80)76-73(71)79-64-31-16-12-24-53(64)58-43-47(3)35-39-68(58)79/h5-44H,1-4H3. The summed E-state index contributed by atoms with van der Waals surface area (Å²) in [5.74, 6) is 1.60. The van der Waals surface area contributed by atoms with Gasteiger partial charge in [0, 0.05) is 59.8 Å². The van der Waals surface area contributed by atoms with Crippen LogP contribution < -0.4 is 0 Å². The molecule has 16 aromatic rings. The van der Waals surface area contributed by atoms with Crippen LogP contribution in [0.15, 0.2) is 243 Å². The first-order chi connectivity index (χ1) is 39.4. The molecule has 0 N–H and O–H groups in total. The molecule has 0 saturated heterocycles. The topological polar surface area (TPSA) is 45.5 Å². The van der Waals surface area contributed by atoms with Crippen LogP contribution in [0, 0.1) is 27.7 Å². The van der Waals surface area contributed by atoms with Crippen molar-refractivity contribution in [1.82, 2.24) is 28.2 Å². The molecular formula is C74H52N6. The third-order valence-corrected chi connectivity index (χ3v) is 16.6. The van der Waals surface area contributed by atoms with Crippen molar-refractivity contribution in [3.05, 3.63) is 265 Å². The summed E-state index contributed by atoms with van der Waals surface area (Å²) < 4.78 is 9.97. The number of hydrogen-bond acceptors (Lipinski definition) is 2. The van der Waals surface area contributed by atoms with Crippen molar-refractivity contribution in [3.63, 3.8) is 0 Å². The number of pyridine rings is 2. The fourth-order valence-electron chi connectivity index (χ4n) is 13.1. The van der Waals surface area contributed by atoms with Gasteiger partial charge in [0.15, 0.2) is 11.6 Å². The summed E-state index contributed by atoms with van der Waals surface area (Å²) in [5, 5.41) is 9.36. The van der Waals surface area contributed by atoms with Crippen LogP contribution in [0.5, 0.6) is 0 Å². The molecule has 0 aliphatic rings. The Hall–Kier alpha value is -10.3. The van der Waals surface area contributed by atoms with Gasteiger partial charge in [-0.25, -0.2) is 9.97 Å². The van der Waals surface area contributed by atoms with Crippen LogP contribution in [0.2, 0.25) is 0 Å². The lowest BCUT2D eigenvalue weighted by atomic mass is 9.93. The molecule has 0 bridgehead atoms. The van der Waals surface area contributed by atoms with Gasteiger partial charge >= 0.3 is 0 Å². The summed E-state index contributed by atoms with van der Waals surface area (Å²) in [7, 11) is 0. The molecule has 0 unspecified atom stereocenters. The van der Waals surface area contributed by atoms with E-state index in [2.05, 4.69) is 289 Å². The van der Waals surface area contributed by atoms with Crippen LogP contribution in [0.3, 0.4) is 0 Å². The fraction of sp³-hybridized carbons (Fsp3) is 0.0541. The lowest BCUT2D eigenvalue weighted by Gasteiger charge is -2.27. The smallest absolute Gasteiger partial charge is 0.165 e. The summed E-state index contributed by atoms with van der Waals surface area (Å²) in [6.45, 7) is 8.77. The monoisotopic (exact) mass is 1020 g/mol. The summed E-state index contributed by atoms with van der Waals surface area (Å²) in [4.78, 5) is 12.1. The van der Waals surface area contributed by atoms with E-state index in [-0.39, 0.29) is 0 Å². The van der Waals surface area contributed by atoms with E-state index in [1.54, 1.807) is 0 Å². The van der Waals surface area contributed by atoms with E-state index in [9.17, 15) is 0 Å². The minimum Gasteiger partial charge on any atom is -0.305 e. The molecule has 0 amide bonds. The predicted molar refractivity (Wildman–Crippen MR) is 335 cm³/mol. The van der Waals surface area contributed by atoms with Gasteiger partial charge in [0.2, 0.25) is 0 Å². The number of nitrogens with zero attached hydrogens (tertiary/aromatic N) is 6. The van der Waals surface area contributed by atoms with E-state index in [0.717, 1.165) is 112 Å². The van der Waals surface area contributed by atoms with Crippen LogP contribution in [-0.2, 0) is 0 Å². The summed E-state index contributed by atoms with van der Waals surface area (Å²) in [6.07, 6.45) is 0. The molecule has 6 heteroatoms. The summed E-state index contributed by atoms with van der Waals surface area (Å²) in [5.41, 5.74) is 21.2. The van der Waals surface area contributed by atoms with Gasteiger partial charge < -0.3 is 9.13 Å². The third kappa shape index (κ3) is 6.78. The molecule has 0 aliphatic heterocycles. The quantitative estimate of drug-likeness (QED) is 0.160. The Balaban J connectivity index is 1.22. The van der Waals surface area contributed by atoms with Crippen LogP contribution in [0.25, 0.3) is 144 Å². The Morgan fingerprint density at radius 3 is 1.02 bits per heavy atom. The first-order valence-electron chi connectivity index (χ1n) is 27.6. The van der Waals surface area contributed by atoms with Crippen LogP contribution in [0.1, 0.15) is 22.3 Å². The van der Waals surface area contributed by atoms with E-state index in [1.807, 2.05) is 0 Å². The molecule has 6 aromatic heterocycles. The first-order valence-corrected chi connectivity index (χ1v) is 27.6. The fourth-order valence-corrected chi connectivity index (χ4v) is 13.1. The third-order valence-electron chi connectivity index (χ3n) is 16.6. The molecule has 0 spiro atoms. The average molecular weight is 1030 g/mol. The number of aryl methyl sites for hydroxylation is 4. The zero-order valence-corrected chi connectivity index (χ0v) is 44.8. The highest BCUT2D eigenvalue weighted by Gasteiger charge is 2.33. The highest BCUT2D eigenvalue weighted by Crippen LogP contribution is 2.51. The summed E-state index contributed by atoms with van der Waals surface area (Å²) in [6, 6.07) is 89.1. The van der Waals surface area contributed by atoms with E-state index in [1.165, 1.54) is 54.6 Å². The van der Waals surface area contributed by atoms with Crippen molar-refractivity contribution in [1.29, 1.82) is 0 Å². The van der Waals surface area contributed by atoms with Gasteiger partial charge in [0.1, 0.15) is 11.4 Å². The Kier molecular flexibility index (Phi) is 10.1. The number of para-hydroxylation sites is 4. The normalized spacial score (nSPS) is 12.0. The molecule has 16 rings (SSSR count). The van der Waals surface area contributed by atoms with E-state index in [4.69, 9.17) is 9.97 Å². The molecule has 6 nitrogen and oxygen atoms in total. The molecule has 0 aliphatic carbocycles. The second-order valence-corrected chi connectivity index (χ2v) is 21.6. The maximum absolute atomic E-state index is 6.49. The number of benzene rings is 10. The van der Waals surface area contributed by atoms with Crippen LogP contribution in [-0.4, -0.2) is 28.2 Å². The molecule has 0 radical (unpaired) electrons. The molecule has 10 aromatic carbocycles. The summed E-state index contributed by atoms with van der Waals surface area (Å²) >= 11 is 0. The van der Waals surface area contributed by atoms with Gasteiger partial charge in [0.05, 0.1) is 55.5 Å². The molecule has 0 saturated carbocycles. The molecular weight excluding hydrogens is 973 g/mol. The van der Waals surface area contributed by atoms with Gasteiger partial charge in [-0.3, -0.25) is 9.13 Å². The largest absolute Gasteiger partial charge is 0.305 e. The minimum absolute atomic E-state index is 0.799. The number of aromatic nitrogens is 6. The van der Waals surface area contributed by atoms with Crippen LogP contribution >= 0.6 is 0 Å². The van der Waals surface area contributed by atoms with Crippen LogP contribution in [0.4, 0.5) is 0 Å². The minimum atomic E-state index is 0.799. The van der Waals surface area contributed by atoms with Gasteiger partial charge in [-0.05, 0) is 118 Å². The molecule has 6 heterocycles. The molecule has 0 atom stereocenters. The highest BCUT2D eigenvalue weighted by molar-refractivity contribution is 6.16. The zero-order chi connectivity index (χ0) is 53.3. The van der Waals surface area contributed by atoms with E-state index in [0.29, 0.717) is 0 Å². The number of fused-ring (bicyclic) bond motifs is 12. The highest BCUT2D eigenvalue weighted by atomic mass is 15.2. The molecule has 0 fully saturated rings. The zero-order valence-electron chi connectivity index (χ0n) is 44.8.